The number of rotatable bonds is 58. The molecule has 0 heterocycles. The fraction of sp³-hybridized carbons (Fsp3) is 0.653. The molecule has 0 aliphatic rings. The van der Waals surface area contributed by atoms with Gasteiger partial charge in [-0.05, 0) is 96.3 Å². The second-order valence-corrected chi connectivity index (χ2v) is 22.3. The van der Waals surface area contributed by atoms with E-state index in [4.69, 9.17) is 18.9 Å². The van der Waals surface area contributed by atoms with E-state index >= 15 is 0 Å². The van der Waals surface area contributed by atoms with Crippen molar-refractivity contribution in [2.24, 2.45) is 0 Å². The van der Waals surface area contributed by atoms with Gasteiger partial charge in [-0.3, -0.25) is 9.59 Å². The van der Waals surface area contributed by atoms with Gasteiger partial charge in [0.25, 0.3) is 0 Å². The highest BCUT2D eigenvalue weighted by Gasteiger charge is 2.21. The summed E-state index contributed by atoms with van der Waals surface area (Å²) in [6.45, 7) is 4.43. The van der Waals surface area contributed by atoms with Crippen molar-refractivity contribution in [1.82, 2.24) is 0 Å². The monoisotopic (exact) mass is 1130 g/mol. The minimum atomic E-state index is -1.65. The molecule has 0 saturated carbocycles. The molecule has 0 aliphatic carbocycles. The molecular weight excluding hydrogens is 1010 g/mol. The molecule has 0 radical (unpaired) electrons. The molecule has 0 bridgehead atoms. The van der Waals surface area contributed by atoms with Crippen molar-refractivity contribution in [3.63, 3.8) is 0 Å². The maximum atomic E-state index is 12.8. The molecule has 0 N–H and O–H groups in total. The van der Waals surface area contributed by atoms with E-state index in [9.17, 15) is 19.5 Å². The van der Waals surface area contributed by atoms with Crippen LogP contribution in [0.2, 0.25) is 0 Å². The predicted octanol–water partition coefficient (Wildman–Crippen LogP) is 18.5. The Morgan fingerprint density at radius 2 is 0.691 bits per heavy atom. The van der Waals surface area contributed by atoms with Crippen LogP contribution in [0.4, 0.5) is 0 Å². The van der Waals surface area contributed by atoms with Crippen molar-refractivity contribution >= 4 is 17.9 Å². The number of nitrogens with zero attached hydrogens (tertiary/aromatic N) is 1. The third-order valence-corrected chi connectivity index (χ3v) is 13.4. The summed E-state index contributed by atoms with van der Waals surface area (Å²) in [7, 11) is 5.89. The molecule has 0 saturated heterocycles. The third kappa shape index (κ3) is 62.9. The van der Waals surface area contributed by atoms with Crippen molar-refractivity contribution in [3.8, 4) is 0 Å². The normalized spacial score (nSPS) is 13.6. The Morgan fingerprint density at radius 3 is 1.04 bits per heavy atom. The Labute approximate surface area is 497 Å². The van der Waals surface area contributed by atoms with E-state index in [1.807, 2.05) is 33.3 Å². The number of unbranched alkanes of at least 4 members (excludes halogenated alkanes) is 21. The average molecular weight is 1130 g/mol. The van der Waals surface area contributed by atoms with Gasteiger partial charge in [0.2, 0.25) is 0 Å². The fourth-order valence-electron chi connectivity index (χ4n) is 8.53. The van der Waals surface area contributed by atoms with Crippen molar-refractivity contribution in [3.05, 3.63) is 134 Å². The standard InChI is InChI=1S/C72H119NO8/c1-6-8-10-12-14-16-18-20-22-24-26-27-28-29-30-31-32-33-34-35-36-37-38-39-40-41-42-43-45-46-48-50-52-54-56-58-60-62-69(74)79-66-68(67-80-72(71(76)77)78-65-64-73(3,4)5)81-70(75)63-61-59-57-55-53-51-49-47-44-25-23-21-19-17-15-13-11-9-7-2/h8-11,14-17,20-23,26-27,29-30,44,47,51,53,57,59,68,72H,6-7,12-13,18-19,24-25,28,31-43,45-46,48-50,52,54-56,58,60-67H2,1-5H3/b10-8-,11-9-,16-14-,17-15-,22-20-,23-21-,27-26-,30-29-,47-44-,53-51-,59-57-. The second-order valence-electron chi connectivity index (χ2n) is 22.3. The summed E-state index contributed by atoms with van der Waals surface area (Å²) in [4.78, 5) is 37.3. The third-order valence-electron chi connectivity index (χ3n) is 13.4. The van der Waals surface area contributed by atoms with E-state index in [2.05, 4.69) is 135 Å². The van der Waals surface area contributed by atoms with Crippen LogP contribution in [0.25, 0.3) is 0 Å². The fourth-order valence-corrected chi connectivity index (χ4v) is 8.53. The smallest absolute Gasteiger partial charge is 0.306 e. The number of carboxylic acid groups (broad SMARTS) is 1. The molecule has 2 unspecified atom stereocenters. The number of carboxylic acids is 1. The van der Waals surface area contributed by atoms with Crippen LogP contribution < -0.4 is 5.11 Å². The highest BCUT2D eigenvalue weighted by Crippen LogP contribution is 2.16. The Bertz CT molecular complexity index is 1790. The summed E-state index contributed by atoms with van der Waals surface area (Å²) in [5, 5.41) is 11.8. The number of esters is 2. The summed E-state index contributed by atoms with van der Waals surface area (Å²) in [5.74, 6) is -2.40. The Morgan fingerprint density at radius 1 is 0.370 bits per heavy atom. The first-order valence-electron chi connectivity index (χ1n) is 32.3. The number of likely N-dealkylation sites (N-methyl/N-ethyl adjacent to an activating group) is 1. The molecule has 0 rings (SSSR count). The van der Waals surface area contributed by atoms with Gasteiger partial charge >= 0.3 is 11.9 Å². The number of hydrogen-bond donors (Lipinski definition) is 0. The first-order valence-corrected chi connectivity index (χ1v) is 32.3. The number of carbonyl (C=O) groups is 3. The summed E-state index contributed by atoms with van der Waals surface area (Å²) >= 11 is 0. The lowest BCUT2D eigenvalue weighted by atomic mass is 10.0. The number of ether oxygens (including phenoxy) is 4. The molecule has 460 valence electrons. The number of carbonyl (C=O) groups excluding carboxylic acids is 3. The van der Waals surface area contributed by atoms with Gasteiger partial charge in [-0.1, -0.05) is 270 Å². The van der Waals surface area contributed by atoms with Gasteiger partial charge in [-0.25, -0.2) is 0 Å². The van der Waals surface area contributed by atoms with Gasteiger partial charge in [0.15, 0.2) is 12.4 Å². The highest BCUT2D eigenvalue weighted by atomic mass is 16.7. The molecule has 0 aromatic carbocycles. The van der Waals surface area contributed by atoms with Crippen molar-refractivity contribution in [2.45, 2.75) is 257 Å². The zero-order chi connectivity index (χ0) is 59.1. The summed E-state index contributed by atoms with van der Waals surface area (Å²) in [5.41, 5.74) is 0. The molecule has 0 fully saturated rings. The van der Waals surface area contributed by atoms with E-state index in [-0.39, 0.29) is 38.6 Å². The largest absolute Gasteiger partial charge is 0.545 e. The minimum Gasteiger partial charge on any atom is -0.545 e. The summed E-state index contributed by atoms with van der Waals surface area (Å²) in [6, 6.07) is 0. The average Bonchev–Trinajstić information content (AvgIpc) is 3.44. The highest BCUT2D eigenvalue weighted by molar-refractivity contribution is 5.70. The number of quaternary nitrogens is 1. The lowest BCUT2D eigenvalue weighted by molar-refractivity contribution is -0.870. The molecule has 9 heteroatoms. The molecule has 0 aromatic rings. The second kappa shape index (κ2) is 61.5. The van der Waals surface area contributed by atoms with Crippen LogP contribution in [-0.4, -0.2) is 82.3 Å². The van der Waals surface area contributed by atoms with Crippen LogP contribution in [-0.2, 0) is 33.3 Å². The quantitative estimate of drug-likeness (QED) is 0.0195. The SMILES string of the molecule is CC/C=C\C/C=C\C/C=C\C/C=C\C/C=C\C/C=C\CCC(=O)OC(COC(=O)CCCCCCCCCCCCCCCCCCCCCCC/C=C\C/C=C\C/C=C\C/C=C\C/C=C\CC)COC(OCC[N+](C)(C)C)C(=O)[O-]. The Hall–Kier alpha value is -4.57. The molecule has 0 amide bonds. The Kier molecular flexibility index (Phi) is 58.0. The van der Waals surface area contributed by atoms with Gasteiger partial charge in [0, 0.05) is 12.8 Å². The van der Waals surface area contributed by atoms with Gasteiger partial charge < -0.3 is 33.3 Å². The molecule has 2 atom stereocenters. The lowest BCUT2D eigenvalue weighted by Gasteiger charge is -2.26. The van der Waals surface area contributed by atoms with E-state index in [1.165, 1.54) is 122 Å². The minimum absolute atomic E-state index is 0.118. The van der Waals surface area contributed by atoms with Crippen molar-refractivity contribution in [1.29, 1.82) is 0 Å². The van der Waals surface area contributed by atoms with Crippen molar-refractivity contribution < 1.29 is 42.9 Å². The van der Waals surface area contributed by atoms with E-state index < -0.39 is 24.3 Å². The van der Waals surface area contributed by atoms with E-state index in [0.717, 1.165) is 89.9 Å². The zero-order valence-electron chi connectivity index (χ0n) is 52.4. The summed E-state index contributed by atoms with van der Waals surface area (Å²) < 4.78 is 22.6. The molecule has 0 aromatic heterocycles. The molecule has 0 aliphatic heterocycles. The van der Waals surface area contributed by atoms with Crippen LogP contribution in [0.5, 0.6) is 0 Å². The lowest BCUT2D eigenvalue weighted by Crippen LogP contribution is -2.44. The maximum absolute atomic E-state index is 12.8. The summed E-state index contributed by atoms with van der Waals surface area (Å²) in [6.07, 6.45) is 85.5. The van der Waals surface area contributed by atoms with Crippen molar-refractivity contribution in [2.75, 3.05) is 47.5 Å². The topological polar surface area (TPSA) is 111 Å². The number of allylic oxidation sites excluding steroid dienone is 22. The number of hydrogen-bond acceptors (Lipinski definition) is 8. The van der Waals surface area contributed by atoms with Gasteiger partial charge in [-0.15, -0.1) is 0 Å². The van der Waals surface area contributed by atoms with E-state index in [0.29, 0.717) is 17.4 Å². The molecule has 0 spiro atoms. The molecular formula is C72H119NO8. The first-order chi connectivity index (χ1) is 39.6. The van der Waals surface area contributed by atoms with Crippen LogP contribution in [0.15, 0.2) is 134 Å². The Balaban J connectivity index is 4.12. The van der Waals surface area contributed by atoms with Crippen LogP contribution in [0.1, 0.15) is 245 Å². The maximum Gasteiger partial charge on any atom is 0.306 e. The zero-order valence-corrected chi connectivity index (χ0v) is 52.4. The van der Waals surface area contributed by atoms with Crippen LogP contribution in [0.3, 0.4) is 0 Å². The van der Waals surface area contributed by atoms with Crippen LogP contribution >= 0.6 is 0 Å². The molecule has 81 heavy (non-hydrogen) atoms. The van der Waals surface area contributed by atoms with Crippen LogP contribution in [0, 0.1) is 0 Å². The van der Waals surface area contributed by atoms with Gasteiger partial charge in [0.05, 0.1) is 40.3 Å². The van der Waals surface area contributed by atoms with Gasteiger partial charge in [0.1, 0.15) is 13.2 Å². The first kappa shape index (κ1) is 76.4. The van der Waals surface area contributed by atoms with E-state index in [1.54, 1.807) is 0 Å². The number of aliphatic carboxylic acids is 1. The predicted molar refractivity (Wildman–Crippen MR) is 343 cm³/mol. The van der Waals surface area contributed by atoms with Gasteiger partial charge in [-0.2, -0.15) is 0 Å². The molecule has 9 nitrogen and oxygen atoms in total.